The molecule has 3 rings (SSSR count). The fourth-order valence-electron chi connectivity index (χ4n) is 3.28. The van der Waals surface area contributed by atoms with Gasteiger partial charge in [0.2, 0.25) is 0 Å². The van der Waals surface area contributed by atoms with Crippen LogP contribution in [0, 0.1) is 11.8 Å². The van der Waals surface area contributed by atoms with Gasteiger partial charge in [-0.15, -0.1) is 11.3 Å². The summed E-state index contributed by atoms with van der Waals surface area (Å²) in [5.41, 5.74) is 1.62. The van der Waals surface area contributed by atoms with Crippen molar-refractivity contribution in [1.29, 1.82) is 0 Å². The second kappa shape index (κ2) is 4.50. The molecule has 0 bridgehead atoms. The second-order valence-corrected chi connectivity index (χ2v) is 6.46. The normalized spacial score (nSPS) is 34.7. The van der Waals surface area contributed by atoms with Crippen LogP contribution < -0.4 is 5.32 Å². The van der Waals surface area contributed by atoms with Crippen molar-refractivity contribution in [2.75, 3.05) is 6.54 Å². The molecule has 0 radical (unpaired) electrons. The molecule has 1 nitrogen and oxygen atoms in total. The molecule has 0 amide bonds. The maximum atomic E-state index is 3.76. The number of hydrogen-bond acceptors (Lipinski definition) is 2. The van der Waals surface area contributed by atoms with Crippen molar-refractivity contribution < 1.29 is 0 Å². The van der Waals surface area contributed by atoms with Crippen LogP contribution in [0.25, 0.3) is 0 Å². The minimum atomic E-state index is 0.677. The Kier molecular flexibility index (Phi) is 3.03. The van der Waals surface area contributed by atoms with Crippen LogP contribution in [0.5, 0.6) is 0 Å². The van der Waals surface area contributed by atoms with Gasteiger partial charge in [0.15, 0.2) is 0 Å². The van der Waals surface area contributed by atoms with Gasteiger partial charge in [-0.3, -0.25) is 0 Å². The summed E-state index contributed by atoms with van der Waals surface area (Å²) in [6.45, 7) is 3.58. The zero-order valence-corrected chi connectivity index (χ0v) is 10.9. The molecule has 1 aromatic rings. The SMILES string of the molecule is CC1CCC(C2NCCc3ccsc32)CC1. The van der Waals surface area contributed by atoms with Gasteiger partial charge in [-0.2, -0.15) is 0 Å². The highest BCUT2D eigenvalue weighted by atomic mass is 32.1. The molecule has 0 spiro atoms. The summed E-state index contributed by atoms with van der Waals surface area (Å²) in [6.07, 6.45) is 6.96. The first-order valence-corrected chi connectivity index (χ1v) is 7.52. The van der Waals surface area contributed by atoms with E-state index >= 15 is 0 Å². The molecule has 1 atom stereocenters. The molecule has 1 aliphatic heterocycles. The van der Waals surface area contributed by atoms with Crippen molar-refractivity contribution >= 4 is 11.3 Å². The minimum Gasteiger partial charge on any atom is -0.309 e. The van der Waals surface area contributed by atoms with E-state index in [0.29, 0.717) is 6.04 Å². The lowest BCUT2D eigenvalue weighted by Gasteiger charge is -2.35. The van der Waals surface area contributed by atoms with E-state index in [0.717, 1.165) is 11.8 Å². The molecular weight excluding hydrogens is 214 g/mol. The fourth-order valence-corrected chi connectivity index (χ4v) is 4.40. The smallest absolute Gasteiger partial charge is 0.0446 e. The van der Waals surface area contributed by atoms with E-state index < -0.39 is 0 Å². The Hall–Kier alpha value is -0.340. The second-order valence-electron chi connectivity index (χ2n) is 5.51. The molecule has 1 aliphatic carbocycles. The molecule has 1 saturated carbocycles. The third-order valence-electron chi connectivity index (χ3n) is 4.35. The summed E-state index contributed by atoms with van der Waals surface area (Å²) in [5, 5.41) is 6.03. The molecule has 0 saturated heterocycles. The number of nitrogens with one attached hydrogen (secondary N) is 1. The van der Waals surface area contributed by atoms with E-state index in [1.807, 2.05) is 11.3 Å². The number of hydrogen-bond donors (Lipinski definition) is 1. The van der Waals surface area contributed by atoms with E-state index in [-0.39, 0.29) is 0 Å². The van der Waals surface area contributed by atoms with Gasteiger partial charge < -0.3 is 5.32 Å². The molecule has 88 valence electrons. The van der Waals surface area contributed by atoms with Gasteiger partial charge in [0.1, 0.15) is 0 Å². The van der Waals surface area contributed by atoms with Gasteiger partial charge in [0.05, 0.1) is 0 Å². The van der Waals surface area contributed by atoms with Gasteiger partial charge in [-0.05, 0) is 54.7 Å². The Morgan fingerprint density at radius 1 is 1.25 bits per heavy atom. The lowest BCUT2D eigenvalue weighted by Crippen LogP contribution is -2.35. The van der Waals surface area contributed by atoms with Gasteiger partial charge >= 0.3 is 0 Å². The lowest BCUT2D eigenvalue weighted by molar-refractivity contribution is 0.229. The van der Waals surface area contributed by atoms with Crippen LogP contribution in [0.4, 0.5) is 0 Å². The summed E-state index contributed by atoms with van der Waals surface area (Å²) in [6, 6.07) is 3.01. The maximum absolute atomic E-state index is 3.76. The van der Waals surface area contributed by atoms with Gasteiger partial charge in [-0.25, -0.2) is 0 Å². The van der Waals surface area contributed by atoms with E-state index in [1.54, 1.807) is 10.4 Å². The molecule has 2 heterocycles. The molecule has 0 aromatic carbocycles. The highest BCUT2D eigenvalue weighted by Crippen LogP contribution is 2.40. The van der Waals surface area contributed by atoms with Gasteiger partial charge in [0, 0.05) is 10.9 Å². The zero-order chi connectivity index (χ0) is 11.0. The Morgan fingerprint density at radius 2 is 2.06 bits per heavy atom. The summed E-state index contributed by atoms with van der Waals surface area (Å²) >= 11 is 1.97. The molecule has 1 unspecified atom stereocenters. The van der Waals surface area contributed by atoms with Crippen LogP contribution in [0.3, 0.4) is 0 Å². The number of rotatable bonds is 1. The first-order chi connectivity index (χ1) is 7.84. The van der Waals surface area contributed by atoms with Crippen molar-refractivity contribution in [3.05, 3.63) is 21.9 Å². The van der Waals surface area contributed by atoms with Crippen LogP contribution in [0.15, 0.2) is 11.4 Å². The predicted octanol–water partition coefficient (Wildman–Crippen LogP) is 3.76. The van der Waals surface area contributed by atoms with Crippen molar-refractivity contribution in [3.63, 3.8) is 0 Å². The summed E-state index contributed by atoms with van der Waals surface area (Å²) < 4.78 is 0. The van der Waals surface area contributed by atoms with E-state index in [9.17, 15) is 0 Å². The average Bonchev–Trinajstić information content (AvgIpc) is 2.78. The van der Waals surface area contributed by atoms with Gasteiger partial charge in [0.25, 0.3) is 0 Å². The van der Waals surface area contributed by atoms with Crippen LogP contribution in [-0.2, 0) is 6.42 Å². The Balaban J connectivity index is 1.77. The molecule has 16 heavy (non-hydrogen) atoms. The molecule has 1 aromatic heterocycles. The lowest BCUT2D eigenvalue weighted by atomic mass is 9.77. The van der Waals surface area contributed by atoms with Crippen LogP contribution in [0.2, 0.25) is 0 Å². The van der Waals surface area contributed by atoms with Crippen LogP contribution in [-0.4, -0.2) is 6.54 Å². The topological polar surface area (TPSA) is 12.0 Å². The zero-order valence-electron chi connectivity index (χ0n) is 10.0. The molecule has 2 aliphatic rings. The predicted molar refractivity (Wildman–Crippen MR) is 69.9 cm³/mol. The molecule has 1 fully saturated rings. The maximum Gasteiger partial charge on any atom is 0.0446 e. The van der Waals surface area contributed by atoms with Gasteiger partial charge in [-0.1, -0.05) is 19.8 Å². The first-order valence-electron chi connectivity index (χ1n) is 6.64. The quantitative estimate of drug-likeness (QED) is 0.781. The summed E-state index contributed by atoms with van der Waals surface area (Å²) in [7, 11) is 0. The van der Waals surface area contributed by atoms with Crippen molar-refractivity contribution in [2.45, 2.75) is 45.1 Å². The molecule has 2 heteroatoms. The highest BCUT2D eigenvalue weighted by molar-refractivity contribution is 7.10. The number of thiophene rings is 1. The Bertz CT molecular complexity index is 349. The van der Waals surface area contributed by atoms with Crippen molar-refractivity contribution in [2.24, 2.45) is 11.8 Å². The molecule has 1 N–H and O–H groups in total. The van der Waals surface area contributed by atoms with Crippen molar-refractivity contribution in [3.8, 4) is 0 Å². The standard InChI is InChI=1S/C14H21NS/c1-10-2-4-11(5-3-10)13-14-12(6-8-15-13)7-9-16-14/h7,9-11,13,15H,2-6,8H2,1H3. The summed E-state index contributed by atoms with van der Waals surface area (Å²) in [4.78, 5) is 1.64. The number of fused-ring (bicyclic) bond motifs is 1. The fraction of sp³-hybridized carbons (Fsp3) is 0.714. The monoisotopic (exact) mass is 235 g/mol. The molecular formula is C14H21NS. The highest BCUT2D eigenvalue weighted by Gasteiger charge is 2.30. The van der Waals surface area contributed by atoms with Crippen molar-refractivity contribution in [1.82, 2.24) is 5.32 Å². The third kappa shape index (κ3) is 1.93. The van der Waals surface area contributed by atoms with E-state index in [1.165, 1.54) is 38.6 Å². The van der Waals surface area contributed by atoms with E-state index in [4.69, 9.17) is 0 Å². The largest absolute Gasteiger partial charge is 0.309 e. The van der Waals surface area contributed by atoms with E-state index in [2.05, 4.69) is 23.7 Å². The Labute approximate surface area is 102 Å². The average molecular weight is 235 g/mol. The van der Waals surface area contributed by atoms with Crippen LogP contribution >= 0.6 is 11.3 Å². The third-order valence-corrected chi connectivity index (χ3v) is 5.40. The minimum absolute atomic E-state index is 0.677. The first kappa shape index (κ1) is 10.8. The van der Waals surface area contributed by atoms with Crippen LogP contribution in [0.1, 0.15) is 49.1 Å². The Morgan fingerprint density at radius 3 is 2.88 bits per heavy atom. The summed E-state index contributed by atoms with van der Waals surface area (Å²) in [5.74, 6) is 1.86.